The van der Waals surface area contributed by atoms with Crippen LogP contribution in [0, 0.1) is 18.3 Å². The molecule has 2 heterocycles. The zero-order valence-corrected chi connectivity index (χ0v) is 10.2. The zero-order chi connectivity index (χ0) is 12.3. The molecule has 0 aliphatic rings. The SMILES string of the molecule is Cc1ccsc1/C(N)=C(/C#N)c1ccncc1. The standard InChI is InChI=1S/C13H11N3S/c1-9-4-7-17-13(9)12(15)11(8-14)10-2-5-16-6-3-10/h2-7H,15H2,1H3/b12-11+. The molecule has 0 spiro atoms. The molecule has 0 fully saturated rings. The molecule has 0 aromatic carbocycles. The Morgan fingerprint density at radius 2 is 2.06 bits per heavy atom. The Morgan fingerprint density at radius 1 is 1.35 bits per heavy atom. The lowest BCUT2D eigenvalue weighted by Crippen LogP contribution is -2.00. The van der Waals surface area contributed by atoms with Gasteiger partial charge in [-0.3, -0.25) is 4.98 Å². The fraction of sp³-hybridized carbons (Fsp3) is 0.0769. The molecule has 0 saturated carbocycles. The number of hydrogen-bond acceptors (Lipinski definition) is 4. The minimum absolute atomic E-state index is 0.498. The van der Waals surface area contributed by atoms with Crippen molar-refractivity contribution in [3.63, 3.8) is 0 Å². The molecule has 0 aliphatic carbocycles. The summed E-state index contributed by atoms with van der Waals surface area (Å²) in [5.41, 5.74) is 9.00. The molecule has 0 unspecified atom stereocenters. The number of aryl methyl sites for hydroxylation is 1. The number of aromatic nitrogens is 1. The third-order valence-corrected chi connectivity index (χ3v) is 3.51. The predicted octanol–water partition coefficient (Wildman–Crippen LogP) is 2.80. The largest absolute Gasteiger partial charge is 0.396 e. The second-order valence-corrected chi connectivity index (χ2v) is 4.49. The number of nitriles is 1. The number of thiophene rings is 1. The average Bonchev–Trinajstić information content (AvgIpc) is 2.77. The van der Waals surface area contributed by atoms with E-state index < -0.39 is 0 Å². The van der Waals surface area contributed by atoms with E-state index in [1.165, 1.54) is 0 Å². The van der Waals surface area contributed by atoms with Gasteiger partial charge in [0.15, 0.2) is 0 Å². The third-order valence-electron chi connectivity index (χ3n) is 2.46. The molecule has 0 saturated heterocycles. The molecule has 2 rings (SSSR count). The third kappa shape index (κ3) is 2.19. The Labute approximate surface area is 104 Å². The Balaban J connectivity index is 2.57. The number of hydrogen-bond donors (Lipinski definition) is 1. The number of rotatable bonds is 2. The van der Waals surface area contributed by atoms with Crippen LogP contribution < -0.4 is 5.73 Å². The molecule has 0 amide bonds. The van der Waals surface area contributed by atoms with E-state index in [0.717, 1.165) is 16.0 Å². The van der Waals surface area contributed by atoms with Gasteiger partial charge in [0.05, 0.1) is 16.1 Å². The molecule has 2 N–H and O–H groups in total. The summed E-state index contributed by atoms with van der Waals surface area (Å²) in [5, 5.41) is 11.2. The van der Waals surface area contributed by atoms with Crippen LogP contribution in [-0.4, -0.2) is 4.98 Å². The van der Waals surface area contributed by atoms with Crippen LogP contribution in [0.15, 0.2) is 36.0 Å². The maximum Gasteiger partial charge on any atom is 0.102 e. The van der Waals surface area contributed by atoms with Gasteiger partial charge in [-0.15, -0.1) is 11.3 Å². The van der Waals surface area contributed by atoms with Gasteiger partial charge >= 0.3 is 0 Å². The fourth-order valence-corrected chi connectivity index (χ4v) is 2.45. The van der Waals surface area contributed by atoms with Gasteiger partial charge in [-0.25, -0.2) is 0 Å². The molecule has 84 valence electrons. The summed E-state index contributed by atoms with van der Waals surface area (Å²) in [6.07, 6.45) is 3.31. The van der Waals surface area contributed by atoms with Crippen LogP contribution in [-0.2, 0) is 0 Å². The van der Waals surface area contributed by atoms with Crippen LogP contribution in [0.25, 0.3) is 11.3 Å². The fourth-order valence-electron chi connectivity index (χ4n) is 1.56. The molecule has 2 aromatic rings. The van der Waals surface area contributed by atoms with Crippen molar-refractivity contribution in [3.05, 3.63) is 52.0 Å². The van der Waals surface area contributed by atoms with Crippen LogP contribution in [0.3, 0.4) is 0 Å². The van der Waals surface area contributed by atoms with Gasteiger partial charge in [-0.2, -0.15) is 5.26 Å². The van der Waals surface area contributed by atoms with Crippen molar-refractivity contribution < 1.29 is 0 Å². The highest BCUT2D eigenvalue weighted by atomic mass is 32.1. The molecule has 2 aromatic heterocycles. The van der Waals surface area contributed by atoms with E-state index in [9.17, 15) is 5.26 Å². The van der Waals surface area contributed by atoms with Gasteiger partial charge in [0.2, 0.25) is 0 Å². The summed E-state index contributed by atoms with van der Waals surface area (Å²) in [4.78, 5) is 4.89. The predicted molar refractivity (Wildman–Crippen MR) is 69.9 cm³/mol. The van der Waals surface area contributed by atoms with Crippen molar-refractivity contribution in [1.29, 1.82) is 5.26 Å². The minimum Gasteiger partial charge on any atom is -0.396 e. The second kappa shape index (κ2) is 4.81. The first-order valence-corrected chi connectivity index (χ1v) is 5.96. The topological polar surface area (TPSA) is 62.7 Å². The lowest BCUT2D eigenvalue weighted by Gasteiger charge is -2.05. The highest BCUT2D eigenvalue weighted by Crippen LogP contribution is 2.27. The van der Waals surface area contributed by atoms with Gasteiger partial charge in [-0.05, 0) is 41.6 Å². The first-order valence-electron chi connectivity index (χ1n) is 5.08. The Kier molecular flexibility index (Phi) is 3.22. The van der Waals surface area contributed by atoms with E-state index in [1.54, 1.807) is 35.9 Å². The smallest absolute Gasteiger partial charge is 0.102 e. The lowest BCUT2D eigenvalue weighted by molar-refractivity contribution is 1.32. The molecular formula is C13H11N3S. The number of allylic oxidation sites excluding steroid dienone is 1. The zero-order valence-electron chi connectivity index (χ0n) is 9.34. The summed E-state index contributed by atoms with van der Waals surface area (Å²) in [6.45, 7) is 1.99. The first kappa shape index (κ1) is 11.4. The monoisotopic (exact) mass is 241 g/mol. The molecule has 0 bridgehead atoms. The quantitative estimate of drug-likeness (QED) is 0.822. The van der Waals surface area contributed by atoms with E-state index >= 15 is 0 Å². The van der Waals surface area contributed by atoms with Gasteiger partial charge in [0.1, 0.15) is 6.07 Å². The average molecular weight is 241 g/mol. The van der Waals surface area contributed by atoms with Crippen molar-refractivity contribution in [2.24, 2.45) is 5.73 Å². The van der Waals surface area contributed by atoms with E-state index in [0.29, 0.717) is 11.3 Å². The van der Waals surface area contributed by atoms with E-state index in [-0.39, 0.29) is 0 Å². The van der Waals surface area contributed by atoms with Gasteiger partial charge in [0.25, 0.3) is 0 Å². The maximum atomic E-state index is 9.24. The molecule has 3 nitrogen and oxygen atoms in total. The van der Waals surface area contributed by atoms with E-state index in [1.807, 2.05) is 18.4 Å². The molecular weight excluding hydrogens is 230 g/mol. The highest BCUT2D eigenvalue weighted by molar-refractivity contribution is 7.11. The van der Waals surface area contributed by atoms with Crippen molar-refractivity contribution in [2.45, 2.75) is 6.92 Å². The Bertz CT molecular complexity index is 591. The van der Waals surface area contributed by atoms with Crippen molar-refractivity contribution in [1.82, 2.24) is 4.98 Å². The summed E-state index contributed by atoms with van der Waals surface area (Å²) in [6, 6.07) is 7.73. The van der Waals surface area contributed by atoms with Crippen LogP contribution in [0.5, 0.6) is 0 Å². The molecule has 17 heavy (non-hydrogen) atoms. The van der Waals surface area contributed by atoms with E-state index in [4.69, 9.17) is 5.73 Å². The summed E-state index contributed by atoms with van der Waals surface area (Å²) >= 11 is 1.55. The minimum atomic E-state index is 0.498. The Morgan fingerprint density at radius 3 is 2.59 bits per heavy atom. The van der Waals surface area contributed by atoms with Crippen LogP contribution in [0.4, 0.5) is 0 Å². The number of pyridine rings is 1. The van der Waals surface area contributed by atoms with Gasteiger partial charge in [-0.1, -0.05) is 0 Å². The summed E-state index contributed by atoms with van der Waals surface area (Å²) in [5.74, 6) is 0. The highest BCUT2D eigenvalue weighted by Gasteiger charge is 2.11. The van der Waals surface area contributed by atoms with Crippen molar-refractivity contribution in [2.75, 3.05) is 0 Å². The number of nitrogens with zero attached hydrogens (tertiary/aromatic N) is 2. The molecule has 0 atom stereocenters. The van der Waals surface area contributed by atoms with Crippen molar-refractivity contribution in [3.8, 4) is 6.07 Å². The summed E-state index contributed by atoms with van der Waals surface area (Å²) < 4.78 is 0. The number of nitrogens with two attached hydrogens (primary N) is 1. The maximum absolute atomic E-state index is 9.24. The van der Waals surface area contributed by atoms with Gasteiger partial charge in [0, 0.05) is 12.4 Å². The molecule has 0 radical (unpaired) electrons. The summed E-state index contributed by atoms with van der Waals surface area (Å²) in [7, 11) is 0. The van der Waals surface area contributed by atoms with Crippen LogP contribution >= 0.6 is 11.3 Å². The molecule has 0 aliphatic heterocycles. The van der Waals surface area contributed by atoms with E-state index in [2.05, 4.69) is 11.1 Å². The second-order valence-electron chi connectivity index (χ2n) is 3.57. The van der Waals surface area contributed by atoms with Crippen LogP contribution in [0.1, 0.15) is 16.0 Å². The molecule has 4 heteroatoms. The van der Waals surface area contributed by atoms with Crippen molar-refractivity contribution >= 4 is 22.6 Å². The van der Waals surface area contributed by atoms with Gasteiger partial charge < -0.3 is 5.73 Å². The first-order chi connectivity index (χ1) is 8.24. The van der Waals surface area contributed by atoms with Crippen LogP contribution in [0.2, 0.25) is 0 Å². The lowest BCUT2D eigenvalue weighted by atomic mass is 10.0. The normalized spacial score (nSPS) is 11.8. The Hall–Kier alpha value is -2.12.